The third-order valence-corrected chi connectivity index (χ3v) is 5.76. The maximum Gasteiger partial charge on any atom is 0.421 e. The van der Waals surface area contributed by atoms with Crippen LogP contribution in [0.15, 0.2) is 41.4 Å². The van der Waals surface area contributed by atoms with Gasteiger partial charge in [0.25, 0.3) is 5.91 Å². The van der Waals surface area contributed by atoms with E-state index in [-0.39, 0.29) is 11.9 Å². The molecule has 1 unspecified atom stereocenters. The molecule has 3 amide bonds. The second-order valence-electron chi connectivity index (χ2n) is 7.58. The summed E-state index contributed by atoms with van der Waals surface area (Å²) in [6.07, 6.45) is 4.00. The molecule has 2 aliphatic rings. The number of aromatic nitrogens is 2. The molecule has 30 heavy (non-hydrogen) atoms. The summed E-state index contributed by atoms with van der Waals surface area (Å²) < 4.78 is 3.66. The quantitative estimate of drug-likeness (QED) is 0.734. The van der Waals surface area contributed by atoms with Gasteiger partial charge in [0.05, 0.1) is 12.2 Å². The predicted octanol–water partition coefficient (Wildman–Crippen LogP) is 2.04. The summed E-state index contributed by atoms with van der Waals surface area (Å²) in [7, 11) is 3.14. The summed E-state index contributed by atoms with van der Waals surface area (Å²) in [6, 6.07) is 8.91. The molecule has 0 saturated carbocycles. The number of carbonyl (C=O) groups is 2. The molecule has 1 aromatic carbocycles. The van der Waals surface area contributed by atoms with E-state index in [9.17, 15) is 9.59 Å². The Balaban J connectivity index is 1.80. The van der Waals surface area contributed by atoms with Gasteiger partial charge in [-0.25, -0.2) is 9.37 Å². The zero-order valence-electron chi connectivity index (χ0n) is 17.8. The molecule has 0 radical (unpaired) electrons. The molecule has 1 saturated heterocycles. The third-order valence-electron chi connectivity index (χ3n) is 5.76. The first-order valence-electron chi connectivity index (χ1n) is 9.83. The number of benzene rings is 1. The van der Waals surface area contributed by atoms with Crippen molar-refractivity contribution in [3.8, 4) is 0 Å². The third kappa shape index (κ3) is 3.04. The first-order valence-corrected chi connectivity index (χ1v) is 9.83. The number of hydrogen-bond acceptors (Lipinski definition) is 4. The standard InChI is InChI=1S/C22H25N6O2/c1-14-15(2)24-28(16(14)3)21-23-19-18(20(29)26(5)22(30)25(19)4)27(21)13-9-12-17-10-7-6-8-11-17/h6-12,18H,13H2,1-5H3/q+1/b12-9+. The van der Waals surface area contributed by atoms with Crippen LogP contribution in [0.2, 0.25) is 0 Å². The Bertz CT molecular complexity index is 1130. The second-order valence-corrected chi connectivity index (χ2v) is 7.58. The van der Waals surface area contributed by atoms with Crippen LogP contribution in [0.4, 0.5) is 4.79 Å². The second kappa shape index (κ2) is 7.37. The highest BCUT2D eigenvalue weighted by Crippen LogP contribution is 2.21. The molecule has 0 N–H and O–H groups in total. The number of aryl methyl sites for hydroxylation is 1. The van der Waals surface area contributed by atoms with E-state index < -0.39 is 6.04 Å². The normalized spacial score (nSPS) is 19.2. The topological polar surface area (TPSA) is 73.8 Å². The van der Waals surface area contributed by atoms with Crippen molar-refractivity contribution < 1.29 is 14.2 Å². The van der Waals surface area contributed by atoms with E-state index >= 15 is 0 Å². The van der Waals surface area contributed by atoms with Crippen LogP contribution in [0.5, 0.6) is 0 Å². The zero-order chi connectivity index (χ0) is 21.6. The fraction of sp³-hybridized carbons (Fsp3) is 0.318. The molecule has 1 fully saturated rings. The zero-order valence-corrected chi connectivity index (χ0v) is 17.8. The Morgan fingerprint density at radius 1 is 1.07 bits per heavy atom. The van der Waals surface area contributed by atoms with Crippen LogP contribution in [-0.4, -0.2) is 74.6 Å². The van der Waals surface area contributed by atoms with Crippen LogP contribution >= 0.6 is 0 Å². The average Bonchev–Trinajstić information content (AvgIpc) is 3.24. The van der Waals surface area contributed by atoms with Gasteiger partial charge in [-0.2, -0.15) is 0 Å². The number of amides is 3. The fourth-order valence-electron chi connectivity index (χ4n) is 3.72. The van der Waals surface area contributed by atoms with Gasteiger partial charge >= 0.3 is 12.0 Å². The SMILES string of the molecule is Cc1nn(C2=[N+](C/C=C/c3ccccc3)C3C(=O)N(C)C(=O)N(C)C3=N2)c(C)c1C. The Morgan fingerprint density at radius 3 is 2.40 bits per heavy atom. The van der Waals surface area contributed by atoms with Crippen molar-refractivity contribution in [1.29, 1.82) is 0 Å². The largest absolute Gasteiger partial charge is 0.421 e. The number of fused-ring (bicyclic) bond motifs is 1. The van der Waals surface area contributed by atoms with Gasteiger partial charge < -0.3 is 0 Å². The van der Waals surface area contributed by atoms with Gasteiger partial charge in [0, 0.05) is 19.7 Å². The molecule has 0 spiro atoms. The van der Waals surface area contributed by atoms with E-state index in [4.69, 9.17) is 4.99 Å². The monoisotopic (exact) mass is 405 g/mol. The molecule has 0 bridgehead atoms. The van der Waals surface area contributed by atoms with Gasteiger partial charge in [0.2, 0.25) is 11.9 Å². The fourth-order valence-corrected chi connectivity index (χ4v) is 3.72. The maximum absolute atomic E-state index is 13.0. The number of amidine groups is 1. The number of likely N-dealkylation sites (N-methyl/N-ethyl adjacent to an activating group) is 2. The van der Waals surface area contributed by atoms with E-state index in [2.05, 4.69) is 5.10 Å². The Kier molecular flexibility index (Phi) is 4.85. The first-order chi connectivity index (χ1) is 14.3. The summed E-state index contributed by atoms with van der Waals surface area (Å²) in [5.41, 5.74) is 4.01. The molecule has 8 heteroatoms. The van der Waals surface area contributed by atoms with Crippen molar-refractivity contribution in [3.05, 3.63) is 58.9 Å². The van der Waals surface area contributed by atoms with Crippen LogP contribution in [0, 0.1) is 20.8 Å². The van der Waals surface area contributed by atoms with E-state index in [1.165, 1.54) is 11.9 Å². The Labute approximate surface area is 175 Å². The highest BCUT2D eigenvalue weighted by molar-refractivity contribution is 6.22. The van der Waals surface area contributed by atoms with E-state index in [1.54, 1.807) is 11.7 Å². The smallest absolute Gasteiger partial charge is 0.270 e. The molecular weight excluding hydrogens is 380 g/mol. The summed E-state index contributed by atoms with van der Waals surface area (Å²) in [6.45, 7) is 6.38. The van der Waals surface area contributed by atoms with Crippen molar-refractivity contribution in [2.45, 2.75) is 26.8 Å². The molecule has 4 rings (SSSR count). The van der Waals surface area contributed by atoms with Gasteiger partial charge in [-0.15, -0.1) is 9.78 Å². The minimum absolute atomic E-state index is 0.293. The molecule has 8 nitrogen and oxygen atoms in total. The maximum atomic E-state index is 13.0. The molecule has 1 atom stereocenters. The van der Waals surface area contributed by atoms with Gasteiger partial charge in [0.1, 0.15) is 5.69 Å². The van der Waals surface area contributed by atoms with Crippen molar-refractivity contribution >= 4 is 29.8 Å². The number of aliphatic imine (C=N–C) groups is 1. The van der Waals surface area contributed by atoms with Gasteiger partial charge in [0.15, 0.2) is 0 Å². The van der Waals surface area contributed by atoms with Crippen LogP contribution in [0.25, 0.3) is 6.08 Å². The lowest BCUT2D eigenvalue weighted by molar-refractivity contribution is -0.527. The number of hydrogen-bond donors (Lipinski definition) is 0. The number of rotatable bonds is 3. The lowest BCUT2D eigenvalue weighted by Crippen LogP contribution is -2.61. The number of urea groups is 1. The van der Waals surface area contributed by atoms with Crippen LogP contribution in [0.3, 0.4) is 0 Å². The highest BCUT2D eigenvalue weighted by Gasteiger charge is 2.52. The van der Waals surface area contributed by atoms with Crippen molar-refractivity contribution in [3.63, 3.8) is 0 Å². The summed E-state index contributed by atoms with van der Waals surface area (Å²) in [5.74, 6) is 0.680. The van der Waals surface area contributed by atoms with Crippen LogP contribution in [0.1, 0.15) is 22.5 Å². The van der Waals surface area contributed by atoms with E-state index in [0.29, 0.717) is 18.3 Å². The highest BCUT2D eigenvalue weighted by atomic mass is 16.2. The molecule has 1 aromatic heterocycles. The van der Waals surface area contributed by atoms with E-state index in [0.717, 1.165) is 27.4 Å². The number of carbonyl (C=O) groups excluding carboxylic acids is 2. The number of nitrogens with zero attached hydrogens (tertiary/aromatic N) is 6. The number of imide groups is 1. The minimum Gasteiger partial charge on any atom is -0.270 e. The Morgan fingerprint density at radius 2 is 1.77 bits per heavy atom. The van der Waals surface area contributed by atoms with Gasteiger partial charge in [-0.05, 0) is 26.3 Å². The van der Waals surface area contributed by atoms with Gasteiger partial charge in [-0.1, -0.05) is 47.5 Å². The summed E-state index contributed by atoms with van der Waals surface area (Å²) >= 11 is 0. The molecule has 2 aliphatic heterocycles. The minimum atomic E-state index is -0.669. The van der Waals surface area contributed by atoms with Crippen molar-refractivity contribution in [2.75, 3.05) is 20.6 Å². The van der Waals surface area contributed by atoms with Crippen LogP contribution < -0.4 is 0 Å². The molecule has 154 valence electrons. The lowest BCUT2D eigenvalue weighted by atomic mass is 10.1. The van der Waals surface area contributed by atoms with Gasteiger partial charge in [-0.3, -0.25) is 14.6 Å². The first kappa shape index (κ1) is 19.8. The van der Waals surface area contributed by atoms with Crippen molar-refractivity contribution in [1.82, 2.24) is 19.6 Å². The average molecular weight is 405 g/mol. The molecular formula is C22H25N6O2+. The van der Waals surface area contributed by atoms with Crippen molar-refractivity contribution in [2.24, 2.45) is 4.99 Å². The Hall–Kier alpha value is -3.55. The molecule has 2 aromatic rings. The predicted molar refractivity (Wildman–Crippen MR) is 115 cm³/mol. The summed E-state index contributed by atoms with van der Waals surface area (Å²) in [4.78, 5) is 32.8. The van der Waals surface area contributed by atoms with E-state index in [1.807, 2.05) is 67.8 Å². The molecule has 0 aliphatic carbocycles. The summed E-state index contributed by atoms with van der Waals surface area (Å²) in [5, 5.41) is 4.63. The van der Waals surface area contributed by atoms with Crippen LogP contribution in [-0.2, 0) is 4.79 Å². The lowest BCUT2D eigenvalue weighted by Gasteiger charge is -2.31. The molecule has 3 heterocycles.